The average molecular weight is 414 g/mol. The Kier molecular flexibility index (Phi) is 7.71. The molecule has 3 unspecified atom stereocenters. The summed E-state index contributed by atoms with van der Waals surface area (Å²) in [6.07, 6.45) is 2.08. The number of benzene rings is 2. The molecule has 0 radical (unpaired) electrons. The van der Waals surface area contributed by atoms with Crippen LogP contribution in [0.25, 0.3) is 0 Å². The Bertz CT molecular complexity index is 801. The summed E-state index contributed by atoms with van der Waals surface area (Å²) in [4.78, 5) is 14.0. The summed E-state index contributed by atoms with van der Waals surface area (Å²) in [6, 6.07) is 13.4. The third-order valence-corrected chi connectivity index (χ3v) is 5.42. The highest BCUT2D eigenvalue weighted by molar-refractivity contribution is 5.60. The maximum atomic E-state index is 11.9. The highest BCUT2D eigenvalue weighted by atomic mass is 16.5. The van der Waals surface area contributed by atoms with Crippen molar-refractivity contribution in [1.29, 1.82) is 0 Å². The molecule has 6 heteroatoms. The summed E-state index contributed by atoms with van der Waals surface area (Å²) in [5.41, 5.74) is 1.98. The Morgan fingerprint density at radius 2 is 1.73 bits per heavy atom. The maximum Gasteiger partial charge on any atom is 0.145 e. The van der Waals surface area contributed by atoms with Crippen molar-refractivity contribution in [2.24, 2.45) is 0 Å². The van der Waals surface area contributed by atoms with Crippen LogP contribution in [0, 0.1) is 0 Å². The van der Waals surface area contributed by atoms with E-state index in [4.69, 9.17) is 18.9 Å². The van der Waals surface area contributed by atoms with Crippen LogP contribution in [0.1, 0.15) is 37.6 Å². The van der Waals surface area contributed by atoms with E-state index >= 15 is 0 Å². The summed E-state index contributed by atoms with van der Waals surface area (Å²) in [6.45, 7) is 5.39. The van der Waals surface area contributed by atoms with Gasteiger partial charge in [-0.1, -0.05) is 25.1 Å². The van der Waals surface area contributed by atoms with Gasteiger partial charge in [-0.2, -0.15) is 0 Å². The molecule has 1 fully saturated rings. The second-order valence-electron chi connectivity index (χ2n) is 7.38. The van der Waals surface area contributed by atoms with Crippen LogP contribution in [0.4, 0.5) is 0 Å². The minimum atomic E-state index is -0.423. The van der Waals surface area contributed by atoms with Crippen LogP contribution in [0.15, 0.2) is 42.5 Å². The smallest absolute Gasteiger partial charge is 0.145 e. The number of carbonyl (C=O) groups excluding carboxylic acids is 1. The van der Waals surface area contributed by atoms with Crippen LogP contribution in [-0.4, -0.2) is 50.7 Å². The predicted octanol–water partition coefficient (Wildman–Crippen LogP) is 4.02. The number of methoxy groups -OCH3 is 2. The van der Waals surface area contributed by atoms with Crippen molar-refractivity contribution in [1.82, 2.24) is 4.90 Å². The molecule has 6 nitrogen and oxygen atoms in total. The minimum Gasteiger partial charge on any atom is -0.496 e. The molecule has 0 amide bonds. The van der Waals surface area contributed by atoms with Crippen LogP contribution < -0.4 is 14.2 Å². The van der Waals surface area contributed by atoms with Crippen molar-refractivity contribution in [2.75, 3.05) is 27.4 Å². The fraction of sp³-hybridized carbons (Fsp3) is 0.458. The van der Waals surface area contributed by atoms with Crippen molar-refractivity contribution in [3.63, 3.8) is 0 Å². The monoisotopic (exact) mass is 413 g/mol. The molecule has 3 rings (SSSR count). The first-order valence-corrected chi connectivity index (χ1v) is 10.4. The lowest BCUT2D eigenvalue weighted by Crippen LogP contribution is -2.38. The molecule has 0 aromatic heterocycles. The normalized spacial score (nSPS) is 21.4. The zero-order chi connectivity index (χ0) is 21.5. The first-order chi connectivity index (χ1) is 14.6. The fourth-order valence-electron chi connectivity index (χ4n) is 3.83. The largest absolute Gasteiger partial charge is 0.496 e. The average Bonchev–Trinajstić information content (AvgIpc) is 3.10. The van der Waals surface area contributed by atoms with Gasteiger partial charge in [-0.3, -0.25) is 4.90 Å². The Labute approximate surface area is 178 Å². The molecule has 1 saturated heterocycles. The van der Waals surface area contributed by atoms with Crippen LogP contribution in [0.5, 0.6) is 17.2 Å². The molecule has 162 valence electrons. The van der Waals surface area contributed by atoms with Crippen molar-refractivity contribution >= 4 is 6.29 Å². The van der Waals surface area contributed by atoms with Gasteiger partial charge in [0.2, 0.25) is 0 Å². The SMILES string of the molecule is CCCOc1ccc(CCN2C(c3c(OC)cccc3OC)OC(C)C2C=O)cc1. The van der Waals surface area contributed by atoms with Gasteiger partial charge in [0.1, 0.15) is 29.8 Å². The van der Waals surface area contributed by atoms with Crippen molar-refractivity contribution in [3.8, 4) is 17.2 Å². The lowest BCUT2D eigenvalue weighted by molar-refractivity contribution is -0.112. The van der Waals surface area contributed by atoms with Crippen molar-refractivity contribution in [2.45, 2.75) is 45.1 Å². The summed E-state index contributed by atoms with van der Waals surface area (Å²) in [5.74, 6) is 2.24. The highest BCUT2D eigenvalue weighted by Crippen LogP contribution is 2.43. The van der Waals surface area contributed by atoms with Gasteiger partial charge >= 0.3 is 0 Å². The fourth-order valence-corrected chi connectivity index (χ4v) is 3.83. The molecular weight excluding hydrogens is 382 g/mol. The second kappa shape index (κ2) is 10.5. The van der Waals surface area contributed by atoms with E-state index in [0.717, 1.165) is 30.4 Å². The third-order valence-electron chi connectivity index (χ3n) is 5.42. The number of carbonyl (C=O) groups is 1. The Morgan fingerprint density at radius 3 is 2.30 bits per heavy atom. The van der Waals surface area contributed by atoms with Crippen LogP contribution in [0.3, 0.4) is 0 Å². The van der Waals surface area contributed by atoms with E-state index in [0.29, 0.717) is 24.7 Å². The summed E-state index contributed by atoms with van der Waals surface area (Å²) in [7, 11) is 3.25. The zero-order valence-electron chi connectivity index (χ0n) is 18.2. The van der Waals surface area contributed by atoms with E-state index in [9.17, 15) is 4.79 Å². The van der Waals surface area contributed by atoms with Crippen LogP contribution in [-0.2, 0) is 16.0 Å². The van der Waals surface area contributed by atoms with Crippen molar-refractivity contribution < 1.29 is 23.7 Å². The van der Waals surface area contributed by atoms with Gasteiger partial charge in [-0.15, -0.1) is 0 Å². The molecule has 1 aliphatic heterocycles. The Hall–Kier alpha value is -2.57. The zero-order valence-corrected chi connectivity index (χ0v) is 18.2. The second-order valence-corrected chi connectivity index (χ2v) is 7.38. The molecule has 2 aromatic rings. The summed E-state index contributed by atoms with van der Waals surface area (Å²) in [5, 5.41) is 0. The predicted molar refractivity (Wildman–Crippen MR) is 115 cm³/mol. The number of hydrogen-bond acceptors (Lipinski definition) is 6. The van der Waals surface area contributed by atoms with Gasteiger partial charge in [0.15, 0.2) is 0 Å². The molecule has 0 N–H and O–H groups in total. The third kappa shape index (κ3) is 4.77. The lowest BCUT2D eigenvalue weighted by atomic mass is 10.1. The van der Waals surface area contributed by atoms with Crippen molar-refractivity contribution in [3.05, 3.63) is 53.6 Å². The number of nitrogens with zero attached hydrogens (tertiary/aromatic N) is 1. The number of hydrogen-bond donors (Lipinski definition) is 0. The first-order valence-electron chi connectivity index (χ1n) is 10.4. The number of ether oxygens (including phenoxy) is 4. The lowest BCUT2D eigenvalue weighted by Gasteiger charge is -2.28. The first kappa shape index (κ1) is 22.1. The highest BCUT2D eigenvalue weighted by Gasteiger charge is 2.42. The van der Waals surface area contributed by atoms with E-state index in [-0.39, 0.29) is 12.1 Å². The van der Waals surface area contributed by atoms with Gasteiger partial charge in [0, 0.05) is 6.54 Å². The van der Waals surface area contributed by atoms with Crippen LogP contribution >= 0.6 is 0 Å². The van der Waals surface area contributed by atoms with E-state index in [1.807, 2.05) is 37.3 Å². The van der Waals surface area contributed by atoms with Gasteiger partial charge < -0.3 is 23.7 Å². The topological polar surface area (TPSA) is 57.2 Å². The van der Waals surface area contributed by atoms with E-state index in [2.05, 4.69) is 24.0 Å². The van der Waals surface area contributed by atoms with Gasteiger partial charge in [-0.05, 0) is 49.6 Å². The molecule has 0 aliphatic carbocycles. The standard InChI is InChI=1S/C24H31NO5/c1-5-15-29-19-11-9-18(10-12-19)13-14-25-20(16-26)17(2)30-24(25)23-21(27-3)7-6-8-22(23)28-4/h6-12,16-17,20,24H,5,13-15H2,1-4H3. The molecule has 0 bridgehead atoms. The minimum absolute atomic E-state index is 0.230. The molecule has 0 saturated carbocycles. The van der Waals surface area contributed by atoms with E-state index in [1.54, 1.807) is 14.2 Å². The Morgan fingerprint density at radius 1 is 1.07 bits per heavy atom. The number of aldehydes is 1. The molecule has 1 heterocycles. The van der Waals surface area contributed by atoms with Crippen LogP contribution in [0.2, 0.25) is 0 Å². The Balaban J connectivity index is 1.81. The van der Waals surface area contributed by atoms with Gasteiger partial charge in [0.05, 0.1) is 38.5 Å². The molecule has 2 aromatic carbocycles. The summed E-state index contributed by atoms with van der Waals surface area (Å²) >= 11 is 0. The molecule has 0 spiro atoms. The maximum absolute atomic E-state index is 11.9. The van der Waals surface area contributed by atoms with E-state index < -0.39 is 6.23 Å². The quantitative estimate of drug-likeness (QED) is 0.549. The molecule has 3 atom stereocenters. The van der Waals surface area contributed by atoms with Gasteiger partial charge in [0.25, 0.3) is 0 Å². The molecular formula is C24H31NO5. The number of rotatable bonds is 10. The summed E-state index contributed by atoms with van der Waals surface area (Å²) < 4.78 is 23.0. The molecule has 1 aliphatic rings. The van der Waals surface area contributed by atoms with E-state index in [1.165, 1.54) is 5.56 Å². The molecule has 30 heavy (non-hydrogen) atoms. The van der Waals surface area contributed by atoms with Gasteiger partial charge in [-0.25, -0.2) is 0 Å².